The average Bonchev–Trinajstić information content (AvgIpc) is 3.57. The summed E-state index contributed by atoms with van der Waals surface area (Å²) in [5, 5.41) is 41.7. The third-order valence-corrected chi connectivity index (χ3v) is 8.99. The molecule has 0 aliphatic heterocycles. The van der Waals surface area contributed by atoms with Crippen LogP contribution in [0.2, 0.25) is 0 Å². The number of benzene rings is 1. The predicted octanol–water partition coefficient (Wildman–Crippen LogP) is 4.26. The number of ketones is 2. The van der Waals surface area contributed by atoms with Gasteiger partial charge in [-0.3, -0.25) is 9.59 Å². The lowest BCUT2D eigenvalue weighted by molar-refractivity contribution is -0.138. The first-order chi connectivity index (χ1) is 22.2. The Morgan fingerprint density at radius 3 is 2.41 bits per heavy atom. The van der Waals surface area contributed by atoms with Gasteiger partial charge in [-0.15, -0.1) is 0 Å². The van der Waals surface area contributed by atoms with E-state index in [9.17, 15) is 24.9 Å². The molecule has 0 radical (unpaired) electrons. The minimum atomic E-state index is -1.67. The molecule has 3 aromatic rings. The summed E-state index contributed by atoms with van der Waals surface area (Å²) in [6.07, 6.45) is 12.3. The first-order valence-corrected chi connectivity index (χ1v) is 16.1. The Labute approximate surface area is 270 Å². The van der Waals surface area contributed by atoms with Crippen molar-refractivity contribution in [3.8, 4) is 11.5 Å². The molecule has 0 saturated heterocycles. The van der Waals surface area contributed by atoms with Gasteiger partial charge in [0, 0.05) is 48.1 Å². The number of aliphatic hydroxyl groups is 3. The molecule has 3 atom stereocenters. The standard InChI is InChI=1S/C36H46N3O7/c1-46-31-21-24(12-13-30(43)34(45)29(42)11-7-5-3-2-4-6-8-19-40)20-28(33(31)44)32-26-15-18-39-35(37)27(26)14-16-36(32,23-41)22-25-10-9-17-38-25/h9-10,14-18,20-21,32,34,40-41,44-45H,2-8,11-13,19,22-23H2,1H3,(H2,37,39)/q-1/t32-,34+,36-/m0/s1. The fraction of sp³-hybridized carbons (Fsp3) is 0.472. The van der Waals surface area contributed by atoms with Crippen molar-refractivity contribution in [3.63, 3.8) is 0 Å². The Kier molecular flexibility index (Phi) is 12.5. The maximum atomic E-state index is 12.9. The van der Waals surface area contributed by atoms with E-state index in [0.29, 0.717) is 35.3 Å². The van der Waals surface area contributed by atoms with E-state index in [2.05, 4.69) is 9.97 Å². The zero-order chi connectivity index (χ0) is 33.1. The highest BCUT2D eigenvalue weighted by Crippen LogP contribution is 2.53. The Hall–Kier alpha value is -3.99. The van der Waals surface area contributed by atoms with E-state index in [-0.39, 0.29) is 44.0 Å². The van der Waals surface area contributed by atoms with Gasteiger partial charge in [0.05, 0.1) is 13.7 Å². The molecule has 46 heavy (non-hydrogen) atoms. The molecule has 0 bridgehead atoms. The van der Waals surface area contributed by atoms with Crippen molar-refractivity contribution in [1.29, 1.82) is 0 Å². The van der Waals surface area contributed by atoms with Crippen LogP contribution in [-0.4, -0.2) is 63.4 Å². The van der Waals surface area contributed by atoms with Crippen molar-refractivity contribution < 1.29 is 34.8 Å². The molecule has 0 unspecified atom stereocenters. The molecule has 2 aromatic heterocycles. The number of aromatic hydroxyl groups is 1. The molecule has 0 amide bonds. The van der Waals surface area contributed by atoms with Crippen molar-refractivity contribution in [1.82, 2.24) is 9.97 Å². The normalized spacial score (nSPS) is 17.9. The van der Waals surface area contributed by atoms with Crippen molar-refractivity contribution in [2.75, 3.05) is 26.1 Å². The van der Waals surface area contributed by atoms with E-state index in [1.807, 2.05) is 30.4 Å². The number of rotatable bonds is 19. The number of carbonyl (C=O) groups excluding carboxylic acids is 2. The minimum Gasteiger partial charge on any atom is -0.668 e. The van der Waals surface area contributed by atoms with Gasteiger partial charge in [0.25, 0.3) is 0 Å². The number of phenolic OH excluding ortho intramolecular Hbond substituents is 1. The van der Waals surface area contributed by atoms with Crippen molar-refractivity contribution >= 4 is 23.5 Å². The highest BCUT2D eigenvalue weighted by molar-refractivity contribution is 6.05. The predicted molar refractivity (Wildman–Crippen MR) is 176 cm³/mol. The zero-order valence-corrected chi connectivity index (χ0v) is 26.5. The van der Waals surface area contributed by atoms with Crippen LogP contribution in [0.4, 0.5) is 5.82 Å². The van der Waals surface area contributed by atoms with Crippen molar-refractivity contribution in [2.24, 2.45) is 5.41 Å². The van der Waals surface area contributed by atoms with Gasteiger partial charge in [-0.1, -0.05) is 62.5 Å². The Morgan fingerprint density at radius 2 is 1.74 bits per heavy atom. The molecule has 10 heteroatoms. The third kappa shape index (κ3) is 8.23. The fourth-order valence-corrected chi connectivity index (χ4v) is 6.43. The van der Waals surface area contributed by atoms with Crippen LogP contribution in [0.25, 0.3) is 6.08 Å². The van der Waals surface area contributed by atoms with Gasteiger partial charge in [-0.2, -0.15) is 11.9 Å². The average molecular weight is 633 g/mol. The summed E-state index contributed by atoms with van der Waals surface area (Å²) < 4.78 is 5.54. The molecule has 248 valence electrons. The van der Waals surface area contributed by atoms with Gasteiger partial charge < -0.3 is 35.9 Å². The number of nitrogens with two attached hydrogens (primary N) is 1. The van der Waals surface area contributed by atoms with Crippen molar-refractivity contribution in [3.05, 3.63) is 76.7 Å². The summed E-state index contributed by atoms with van der Waals surface area (Å²) >= 11 is 0. The summed E-state index contributed by atoms with van der Waals surface area (Å²) in [4.78, 5) is 34.1. The lowest BCUT2D eigenvalue weighted by Gasteiger charge is -2.42. The monoisotopic (exact) mass is 632 g/mol. The maximum absolute atomic E-state index is 12.9. The largest absolute Gasteiger partial charge is 0.668 e. The van der Waals surface area contributed by atoms with Crippen LogP contribution in [0.1, 0.15) is 91.7 Å². The quantitative estimate of drug-likeness (QED) is 0.0948. The molecule has 0 fully saturated rings. The molecule has 1 aromatic carbocycles. The van der Waals surface area contributed by atoms with Crippen LogP contribution >= 0.6 is 0 Å². The van der Waals surface area contributed by atoms with E-state index < -0.39 is 29.0 Å². The second-order valence-electron chi connectivity index (χ2n) is 12.2. The molecular formula is C36H46N3O7-. The molecule has 4 rings (SSSR count). The summed E-state index contributed by atoms with van der Waals surface area (Å²) in [5.41, 5.74) is 8.73. The first kappa shape index (κ1) is 34.9. The first-order valence-electron chi connectivity index (χ1n) is 16.1. The number of phenols is 1. The number of carbonyl (C=O) groups is 2. The number of anilines is 1. The topological polar surface area (TPSA) is 177 Å². The second-order valence-corrected chi connectivity index (χ2v) is 12.2. The number of unbranched alkanes of at least 4 members (excludes halogenated alkanes) is 6. The van der Waals surface area contributed by atoms with Crippen LogP contribution in [0.3, 0.4) is 0 Å². The van der Waals surface area contributed by atoms with Gasteiger partial charge in [-0.25, -0.2) is 4.98 Å². The van der Waals surface area contributed by atoms with E-state index in [1.54, 1.807) is 24.5 Å². The maximum Gasteiger partial charge on any atom is 0.170 e. The summed E-state index contributed by atoms with van der Waals surface area (Å²) in [6, 6.07) is 8.96. The SMILES string of the molecule is COc1cc(CCC(=O)[C@H](O)C(=O)CCCCCCCCCO)cc([C@@H]2c3ccnc(N)c3C=C[C@@]2(CO)Cc2ccc[n-]2)c1O. The molecule has 2 heterocycles. The number of aromatic nitrogens is 2. The number of hydrogen-bond acceptors (Lipinski definition) is 9. The molecule has 0 saturated carbocycles. The number of hydrogen-bond donors (Lipinski definition) is 5. The molecule has 1 aliphatic rings. The fourth-order valence-electron chi connectivity index (χ4n) is 6.43. The van der Waals surface area contributed by atoms with E-state index in [1.165, 1.54) is 7.11 Å². The van der Waals surface area contributed by atoms with E-state index in [4.69, 9.17) is 15.6 Å². The number of ether oxygens (including phenoxy) is 1. The molecular weight excluding hydrogens is 586 g/mol. The van der Waals surface area contributed by atoms with Crippen LogP contribution < -0.4 is 15.5 Å². The van der Waals surface area contributed by atoms with Crippen LogP contribution in [0.15, 0.2) is 48.8 Å². The van der Waals surface area contributed by atoms with Crippen LogP contribution in [0.5, 0.6) is 11.5 Å². The molecule has 6 N–H and O–H groups in total. The number of methoxy groups -OCH3 is 1. The van der Waals surface area contributed by atoms with Crippen LogP contribution in [-0.2, 0) is 22.4 Å². The number of aryl methyl sites for hydroxylation is 1. The summed E-state index contributed by atoms with van der Waals surface area (Å²) in [5.74, 6) is -1.19. The number of pyridine rings is 1. The Morgan fingerprint density at radius 1 is 1.02 bits per heavy atom. The molecule has 10 nitrogen and oxygen atoms in total. The van der Waals surface area contributed by atoms with Gasteiger partial charge in [0.15, 0.2) is 29.2 Å². The van der Waals surface area contributed by atoms with E-state index in [0.717, 1.165) is 49.8 Å². The highest BCUT2D eigenvalue weighted by atomic mass is 16.5. The summed E-state index contributed by atoms with van der Waals surface area (Å²) in [6.45, 7) is -0.0505. The molecule has 1 aliphatic carbocycles. The highest BCUT2D eigenvalue weighted by Gasteiger charge is 2.43. The van der Waals surface area contributed by atoms with E-state index >= 15 is 0 Å². The number of nitrogen functional groups attached to an aromatic ring is 1. The van der Waals surface area contributed by atoms with Gasteiger partial charge >= 0.3 is 0 Å². The van der Waals surface area contributed by atoms with Crippen LogP contribution in [0, 0.1) is 5.41 Å². The second kappa shape index (κ2) is 16.5. The minimum absolute atomic E-state index is 0.0776. The zero-order valence-electron chi connectivity index (χ0n) is 26.5. The Balaban J connectivity index is 1.52. The number of Topliss-reactive ketones (excluding diaryl/α,β-unsaturated/α-hetero) is 2. The number of fused-ring (bicyclic) bond motifs is 1. The van der Waals surface area contributed by atoms with Gasteiger partial charge in [-0.05, 0) is 48.9 Å². The van der Waals surface area contributed by atoms with Crippen molar-refractivity contribution in [2.45, 2.75) is 82.7 Å². The lowest BCUT2D eigenvalue weighted by Crippen LogP contribution is -2.37. The van der Waals surface area contributed by atoms with Gasteiger partial charge in [0.2, 0.25) is 0 Å². The third-order valence-electron chi connectivity index (χ3n) is 8.99. The number of nitrogens with zero attached hydrogens (tertiary/aromatic N) is 2. The Bertz CT molecular complexity index is 1490. The molecule has 0 spiro atoms. The van der Waals surface area contributed by atoms with Gasteiger partial charge in [0.1, 0.15) is 5.82 Å². The summed E-state index contributed by atoms with van der Waals surface area (Å²) in [7, 11) is 1.44. The lowest BCUT2D eigenvalue weighted by atomic mass is 9.63. The number of aliphatic hydroxyl groups excluding tert-OH is 3. The smallest absolute Gasteiger partial charge is 0.170 e.